The lowest BCUT2D eigenvalue weighted by atomic mass is 10.2. The van der Waals surface area contributed by atoms with Gasteiger partial charge in [-0.1, -0.05) is 23.9 Å². The van der Waals surface area contributed by atoms with Gasteiger partial charge in [-0.3, -0.25) is 14.9 Å². The van der Waals surface area contributed by atoms with Crippen LogP contribution in [0.15, 0.2) is 47.6 Å². The molecular weight excluding hydrogens is 344 g/mol. The Bertz CT molecular complexity index is 941. The number of aromatic amines is 1. The van der Waals surface area contributed by atoms with Gasteiger partial charge in [-0.15, -0.1) is 0 Å². The van der Waals surface area contributed by atoms with Crippen molar-refractivity contribution in [3.63, 3.8) is 0 Å². The molecule has 128 valence electrons. The zero-order valence-electron chi connectivity index (χ0n) is 13.2. The van der Waals surface area contributed by atoms with Crippen molar-refractivity contribution in [1.82, 2.24) is 9.97 Å². The number of thioether (sulfide) groups is 1. The van der Waals surface area contributed by atoms with Crippen LogP contribution in [-0.4, -0.2) is 33.7 Å². The first-order valence-electron chi connectivity index (χ1n) is 7.26. The maximum absolute atomic E-state index is 12.1. The zero-order valence-corrected chi connectivity index (χ0v) is 14.0. The van der Waals surface area contributed by atoms with Crippen molar-refractivity contribution >= 4 is 40.1 Å². The lowest BCUT2D eigenvalue weighted by Gasteiger charge is -2.04. The highest BCUT2D eigenvalue weighted by Gasteiger charge is 2.15. The summed E-state index contributed by atoms with van der Waals surface area (Å²) in [5.74, 6) is 0.433. The summed E-state index contributed by atoms with van der Waals surface area (Å²) in [6, 6.07) is 11.5. The standard InChI is InChI=1S/C16H14N4O4S/c1-24-10-6-7-11-13(8-10)19-16(18-11)25-9-15(21)17-12-4-2-3-5-14(12)20(22)23/h2-8H,9H2,1H3,(H,17,21)(H,18,19). The van der Waals surface area contributed by atoms with E-state index < -0.39 is 4.92 Å². The summed E-state index contributed by atoms with van der Waals surface area (Å²) < 4.78 is 5.15. The van der Waals surface area contributed by atoms with Gasteiger partial charge in [0.2, 0.25) is 5.91 Å². The molecule has 2 aromatic carbocycles. The highest BCUT2D eigenvalue weighted by atomic mass is 32.2. The largest absolute Gasteiger partial charge is 0.497 e. The van der Waals surface area contributed by atoms with Crippen LogP contribution >= 0.6 is 11.8 Å². The Morgan fingerprint density at radius 3 is 2.92 bits per heavy atom. The van der Waals surface area contributed by atoms with Crippen LogP contribution in [0.5, 0.6) is 5.75 Å². The molecule has 0 aliphatic carbocycles. The summed E-state index contributed by atoms with van der Waals surface area (Å²) in [4.78, 5) is 30.0. The van der Waals surface area contributed by atoms with Crippen LogP contribution in [-0.2, 0) is 4.79 Å². The number of anilines is 1. The van der Waals surface area contributed by atoms with E-state index in [0.29, 0.717) is 10.9 Å². The molecule has 0 saturated heterocycles. The lowest BCUT2D eigenvalue weighted by Crippen LogP contribution is -2.15. The van der Waals surface area contributed by atoms with Crippen molar-refractivity contribution in [3.8, 4) is 5.75 Å². The number of methoxy groups -OCH3 is 1. The number of benzene rings is 2. The van der Waals surface area contributed by atoms with Crippen LogP contribution in [0.2, 0.25) is 0 Å². The highest BCUT2D eigenvalue weighted by Crippen LogP contribution is 2.25. The summed E-state index contributed by atoms with van der Waals surface area (Å²) in [6.45, 7) is 0. The van der Waals surface area contributed by atoms with Crippen molar-refractivity contribution in [2.24, 2.45) is 0 Å². The molecule has 0 fully saturated rings. The predicted molar refractivity (Wildman–Crippen MR) is 95.1 cm³/mol. The number of H-pyrrole nitrogens is 1. The Morgan fingerprint density at radius 1 is 1.36 bits per heavy atom. The van der Waals surface area contributed by atoms with Gasteiger partial charge in [0.1, 0.15) is 11.4 Å². The summed E-state index contributed by atoms with van der Waals surface area (Å²) in [5, 5.41) is 14.1. The second-order valence-corrected chi connectivity index (χ2v) is 6.00. The van der Waals surface area contributed by atoms with E-state index in [2.05, 4.69) is 15.3 Å². The van der Waals surface area contributed by atoms with Gasteiger partial charge in [-0.25, -0.2) is 4.98 Å². The molecule has 2 N–H and O–H groups in total. The predicted octanol–water partition coefficient (Wildman–Crippen LogP) is 3.21. The molecule has 0 unspecified atom stereocenters. The Balaban J connectivity index is 1.65. The molecule has 8 nitrogen and oxygen atoms in total. The fourth-order valence-electron chi connectivity index (χ4n) is 2.22. The van der Waals surface area contributed by atoms with Crippen molar-refractivity contribution in [2.75, 3.05) is 18.2 Å². The molecule has 1 aromatic heterocycles. The van der Waals surface area contributed by atoms with Crippen molar-refractivity contribution in [2.45, 2.75) is 5.16 Å². The highest BCUT2D eigenvalue weighted by molar-refractivity contribution is 7.99. The Hall–Kier alpha value is -3.07. The molecular formula is C16H14N4O4S. The maximum atomic E-state index is 12.1. The van der Waals surface area contributed by atoms with E-state index in [4.69, 9.17) is 4.74 Å². The van der Waals surface area contributed by atoms with Gasteiger partial charge in [0.25, 0.3) is 5.69 Å². The van der Waals surface area contributed by atoms with E-state index in [-0.39, 0.29) is 23.0 Å². The average molecular weight is 358 g/mol. The van der Waals surface area contributed by atoms with Gasteiger partial charge in [0.05, 0.1) is 28.8 Å². The second-order valence-electron chi connectivity index (χ2n) is 5.04. The van der Waals surface area contributed by atoms with Crippen LogP contribution in [0.1, 0.15) is 0 Å². The first-order chi connectivity index (χ1) is 12.1. The number of ether oxygens (including phenoxy) is 1. The third kappa shape index (κ3) is 3.89. The molecule has 3 rings (SSSR count). The molecule has 0 spiro atoms. The minimum Gasteiger partial charge on any atom is -0.497 e. The number of nitro groups is 1. The topological polar surface area (TPSA) is 110 Å². The van der Waals surface area contributed by atoms with Gasteiger partial charge < -0.3 is 15.0 Å². The van der Waals surface area contributed by atoms with Gasteiger partial charge in [0, 0.05) is 12.1 Å². The minimum absolute atomic E-state index is 0.0724. The molecule has 9 heteroatoms. The molecule has 0 aliphatic rings. The molecule has 0 bridgehead atoms. The molecule has 0 aliphatic heterocycles. The number of amides is 1. The number of hydrogen-bond donors (Lipinski definition) is 2. The van der Waals surface area contributed by atoms with E-state index in [0.717, 1.165) is 11.0 Å². The van der Waals surface area contributed by atoms with E-state index in [9.17, 15) is 14.9 Å². The Labute approximate surface area is 146 Å². The lowest BCUT2D eigenvalue weighted by molar-refractivity contribution is -0.383. The van der Waals surface area contributed by atoms with Gasteiger partial charge in [0.15, 0.2) is 5.16 Å². The third-order valence-corrected chi connectivity index (χ3v) is 4.26. The average Bonchev–Trinajstić information content (AvgIpc) is 3.02. The van der Waals surface area contributed by atoms with Crippen LogP contribution in [0.4, 0.5) is 11.4 Å². The molecule has 0 radical (unpaired) electrons. The molecule has 0 atom stereocenters. The number of nitro benzene ring substituents is 1. The second kappa shape index (κ2) is 7.22. The molecule has 3 aromatic rings. The van der Waals surface area contributed by atoms with Gasteiger partial charge in [-0.05, 0) is 18.2 Å². The number of para-hydroxylation sites is 2. The van der Waals surface area contributed by atoms with E-state index in [1.165, 1.54) is 23.9 Å². The molecule has 25 heavy (non-hydrogen) atoms. The van der Waals surface area contributed by atoms with E-state index >= 15 is 0 Å². The van der Waals surface area contributed by atoms with Crippen LogP contribution < -0.4 is 10.1 Å². The fraction of sp³-hybridized carbons (Fsp3) is 0.125. The van der Waals surface area contributed by atoms with Crippen LogP contribution in [0, 0.1) is 10.1 Å². The Morgan fingerprint density at radius 2 is 2.16 bits per heavy atom. The molecule has 1 heterocycles. The maximum Gasteiger partial charge on any atom is 0.292 e. The Kier molecular flexibility index (Phi) is 4.85. The van der Waals surface area contributed by atoms with Gasteiger partial charge >= 0.3 is 0 Å². The summed E-state index contributed by atoms with van der Waals surface area (Å²) in [7, 11) is 1.58. The number of fused-ring (bicyclic) bond motifs is 1. The monoisotopic (exact) mass is 358 g/mol. The number of carbonyl (C=O) groups excluding carboxylic acids is 1. The zero-order chi connectivity index (χ0) is 17.8. The minimum atomic E-state index is -0.532. The first kappa shape index (κ1) is 16.8. The van der Waals surface area contributed by atoms with Crippen LogP contribution in [0.25, 0.3) is 11.0 Å². The number of carbonyl (C=O) groups is 1. The number of aromatic nitrogens is 2. The smallest absolute Gasteiger partial charge is 0.292 e. The van der Waals surface area contributed by atoms with E-state index in [1.807, 2.05) is 12.1 Å². The third-order valence-electron chi connectivity index (χ3n) is 3.38. The number of imidazole rings is 1. The first-order valence-corrected chi connectivity index (χ1v) is 8.25. The quantitative estimate of drug-likeness (QED) is 0.398. The number of nitrogens with one attached hydrogen (secondary N) is 2. The fourth-order valence-corrected chi connectivity index (χ4v) is 2.90. The van der Waals surface area contributed by atoms with Crippen molar-refractivity contribution in [1.29, 1.82) is 0 Å². The summed E-state index contributed by atoms with van der Waals surface area (Å²) in [6.07, 6.45) is 0. The summed E-state index contributed by atoms with van der Waals surface area (Å²) in [5.41, 5.74) is 1.60. The van der Waals surface area contributed by atoms with Crippen molar-refractivity contribution in [3.05, 3.63) is 52.6 Å². The SMILES string of the molecule is COc1ccc2nc(SCC(=O)Nc3ccccc3[N+](=O)[O-])[nH]c2c1. The van der Waals surface area contributed by atoms with Crippen molar-refractivity contribution < 1.29 is 14.5 Å². The number of rotatable bonds is 6. The number of hydrogen-bond acceptors (Lipinski definition) is 6. The number of nitrogens with zero attached hydrogens (tertiary/aromatic N) is 2. The molecule has 0 saturated carbocycles. The summed E-state index contributed by atoms with van der Waals surface area (Å²) >= 11 is 1.21. The van der Waals surface area contributed by atoms with Crippen LogP contribution in [0.3, 0.4) is 0 Å². The van der Waals surface area contributed by atoms with E-state index in [1.54, 1.807) is 25.3 Å². The molecule has 1 amide bonds. The normalized spacial score (nSPS) is 10.6. The van der Waals surface area contributed by atoms with Gasteiger partial charge in [-0.2, -0.15) is 0 Å².